The molecule has 1 aliphatic carbocycles. The van der Waals surface area contributed by atoms with Crippen molar-refractivity contribution >= 4 is 5.78 Å². The molecule has 2 nitrogen and oxygen atoms in total. The minimum atomic E-state index is -4.43. The molecule has 0 aliphatic heterocycles. The van der Waals surface area contributed by atoms with Gasteiger partial charge in [0.05, 0.1) is 0 Å². The molecule has 10 heavy (non-hydrogen) atoms. The predicted molar refractivity (Wildman–Crippen MR) is 27.2 cm³/mol. The van der Waals surface area contributed by atoms with Crippen LogP contribution in [0.25, 0.3) is 0 Å². The lowest BCUT2D eigenvalue weighted by Crippen LogP contribution is -2.62. The van der Waals surface area contributed by atoms with E-state index in [9.17, 15) is 18.0 Å². The number of nitrogens with two attached hydrogens (primary N) is 1. The molecule has 0 unspecified atom stereocenters. The number of carbonyl (C=O) groups excluding carboxylic acids is 1. The van der Waals surface area contributed by atoms with Crippen molar-refractivity contribution < 1.29 is 18.0 Å². The molecular formula is C5H6F3NO. The van der Waals surface area contributed by atoms with Gasteiger partial charge in [-0.3, -0.25) is 4.79 Å². The van der Waals surface area contributed by atoms with Gasteiger partial charge in [0, 0.05) is 12.8 Å². The molecule has 0 aromatic heterocycles. The van der Waals surface area contributed by atoms with Crippen molar-refractivity contribution in [3.05, 3.63) is 0 Å². The summed E-state index contributed by atoms with van der Waals surface area (Å²) in [7, 11) is 0. The first kappa shape index (κ1) is 7.53. The maximum atomic E-state index is 11.8. The Morgan fingerprint density at radius 1 is 1.40 bits per heavy atom. The number of carbonyl (C=O) groups is 1. The highest BCUT2D eigenvalue weighted by Gasteiger charge is 2.59. The van der Waals surface area contributed by atoms with Crippen molar-refractivity contribution in [3.63, 3.8) is 0 Å². The van der Waals surface area contributed by atoms with Gasteiger partial charge in [0.1, 0.15) is 11.3 Å². The van der Waals surface area contributed by atoms with Gasteiger partial charge in [-0.15, -0.1) is 0 Å². The van der Waals surface area contributed by atoms with E-state index >= 15 is 0 Å². The van der Waals surface area contributed by atoms with Gasteiger partial charge in [0.15, 0.2) is 0 Å². The Morgan fingerprint density at radius 2 is 1.80 bits per heavy atom. The van der Waals surface area contributed by atoms with Crippen LogP contribution in [0.2, 0.25) is 0 Å². The van der Waals surface area contributed by atoms with Crippen molar-refractivity contribution in [2.24, 2.45) is 5.73 Å². The van der Waals surface area contributed by atoms with Gasteiger partial charge in [-0.25, -0.2) is 0 Å². The third kappa shape index (κ3) is 0.901. The highest BCUT2D eigenvalue weighted by molar-refractivity contribution is 5.88. The van der Waals surface area contributed by atoms with E-state index in [0.717, 1.165) is 0 Å². The second-order valence-electron chi connectivity index (χ2n) is 2.55. The van der Waals surface area contributed by atoms with Crippen molar-refractivity contribution in [1.82, 2.24) is 0 Å². The quantitative estimate of drug-likeness (QED) is 0.554. The molecule has 0 bridgehead atoms. The lowest BCUT2D eigenvalue weighted by atomic mass is 9.76. The standard InChI is InChI=1S/C5H6F3NO/c6-5(7,8)4(9)1-3(10)2-4/h1-2,9H2. The molecule has 0 spiro atoms. The minimum Gasteiger partial charge on any atom is -0.317 e. The Kier molecular flexibility index (Phi) is 1.29. The van der Waals surface area contributed by atoms with Gasteiger partial charge in [-0.1, -0.05) is 0 Å². The Hall–Kier alpha value is -0.580. The number of hydrogen-bond acceptors (Lipinski definition) is 2. The first-order valence-corrected chi connectivity index (χ1v) is 2.72. The van der Waals surface area contributed by atoms with E-state index in [1.807, 2.05) is 0 Å². The van der Waals surface area contributed by atoms with Crippen LogP contribution in [-0.2, 0) is 4.79 Å². The van der Waals surface area contributed by atoms with Crippen LogP contribution in [0.1, 0.15) is 12.8 Å². The molecule has 0 amide bonds. The van der Waals surface area contributed by atoms with Crippen LogP contribution in [0.5, 0.6) is 0 Å². The fraction of sp³-hybridized carbons (Fsp3) is 0.800. The summed E-state index contributed by atoms with van der Waals surface area (Å²) in [4.78, 5) is 10.2. The summed E-state index contributed by atoms with van der Waals surface area (Å²) in [5.74, 6) is -0.417. The van der Waals surface area contributed by atoms with Gasteiger partial charge in [0.2, 0.25) is 0 Å². The van der Waals surface area contributed by atoms with Crippen molar-refractivity contribution in [3.8, 4) is 0 Å². The molecular weight excluding hydrogens is 147 g/mol. The highest BCUT2D eigenvalue weighted by atomic mass is 19.4. The number of alkyl halides is 3. The average molecular weight is 153 g/mol. The molecule has 1 fully saturated rings. The second kappa shape index (κ2) is 1.72. The molecule has 0 aromatic carbocycles. The van der Waals surface area contributed by atoms with Gasteiger partial charge in [-0.2, -0.15) is 13.2 Å². The van der Waals surface area contributed by atoms with Gasteiger partial charge in [-0.05, 0) is 0 Å². The summed E-state index contributed by atoms with van der Waals surface area (Å²) in [5.41, 5.74) is 2.61. The van der Waals surface area contributed by atoms with Crippen LogP contribution in [0.15, 0.2) is 0 Å². The molecule has 1 saturated carbocycles. The van der Waals surface area contributed by atoms with Crippen molar-refractivity contribution in [2.75, 3.05) is 0 Å². The summed E-state index contributed by atoms with van der Waals surface area (Å²) < 4.78 is 35.3. The topological polar surface area (TPSA) is 43.1 Å². The van der Waals surface area contributed by atoms with Crippen molar-refractivity contribution in [2.45, 2.75) is 24.6 Å². The van der Waals surface area contributed by atoms with E-state index in [0.29, 0.717) is 0 Å². The zero-order valence-electron chi connectivity index (χ0n) is 5.03. The largest absolute Gasteiger partial charge is 0.407 e. The van der Waals surface area contributed by atoms with E-state index in [2.05, 4.69) is 0 Å². The van der Waals surface area contributed by atoms with E-state index in [1.54, 1.807) is 0 Å². The average Bonchev–Trinajstić information content (AvgIpc) is 1.58. The number of halogens is 3. The molecule has 0 saturated heterocycles. The monoisotopic (exact) mass is 153 g/mol. The fourth-order valence-electron chi connectivity index (χ4n) is 0.852. The first-order valence-electron chi connectivity index (χ1n) is 2.72. The van der Waals surface area contributed by atoms with Crippen LogP contribution in [0, 0.1) is 0 Å². The molecule has 1 rings (SSSR count). The molecule has 5 heteroatoms. The van der Waals surface area contributed by atoms with Gasteiger partial charge >= 0.3 is 6.18 Å². The Morgan fingerprint density at radius 3 is 1.90 bits per heavy atom. The lowest BCUT2D eigenvalue weighted by molar-refractivity contribution is -0.205. The van der Waals surface area contributed by atoms with Crippen LogP contribution in [-0.4, -0.2) is 17.5 Å². The van der Waals surface area contributed by atoms with Crippen molar-refractivity contribution in [1.29, 1.82) is 0 Å². The number of Topliss-reactive ketones (excluding diaryl/α,β-unsaturated/α-hetero) is 1. The molecule has 58 valence electrons. The maximum Gasteiger partial charge on any atom is 0.407 e. The number of hydrogen-bond donors (Lipinski definition) is 1. The third-order valence-corrected chi connectivity index (χ3v) is 1.59. The summed E-state index contributed by atoms with van der Waals surface area (Å²) in [6.07, 6.45) is -5.55. The summed E-state index contributed by atoms with van der Waals surface area (Å²) in [5, 5.41) is 0. The zero-order chi connectivity index (χ0) is 7.99. The Balaban J connectivity index is 2.65. The van der Waals surface area contributed by atoms with E-state index in [-0.39, 0.29) is 0 Å². The second-order valence-corrected chi connectivity index (χ2v) is 2.55. The molecule has 0 aromatic rings. The first-order chi connectivity index (χ1) is 4.35. The van der Waals surface area contributed by atoms with E-state index in [1.165, 1.54) is 0 Å². The van der Waals surface area contributed by atoms with Crippen LogP contribution >= 0.6 is 0 Å². The lowest BCUT2D eigenvalue weighted by Gasteiger charge is -2.37. The van der Waals surface area contributed by atoms with E-state index in [4.69, 9.17) is 5.73 Å². The van der Waals surface area contributed by atoms with Gasteiger partial charge in [0.25, 0.3) is 0 Å². The van der Waals surface area contributed by atoms with Gasteiger partial charge < -0.3 is 5.73 Å². The van der Waals surface area contributed by atoms with Crippen LogP contribution < -0.4 is 5.73 Å². The minimum absolute atomic E-state index is 0.417. The van der Waals surface area contributed by atoms with E-state index < -0.39 is 30.3 Å². The molecule has 0 atom stereocenters. The van der Waals surface area contributed by atoms with Crippen LogP contribution in [0.4, 0.5) is 13.2 Å². The third-order valence-electron chi connectivity index (χ3n) is 1.59. The maximum absolute atomic E-state index is 11.8. The molecule has 1 aliphatic rings. The zero-order valence-corrected chi connectivity index (χ0v) is 5.03. The Labute approximate surface area is 55.2 Å². The Bertz CT molecular complexity index is 166. The molecule has 0 radical (unpaired) electrons. The smallest absolute Gasteiger partial charge is 0.317 e. The summed E-state index contributed by atoms with van der Waals surface area (Å²) >= 11 is 0. The van der Waals surface area contributed by atoms with Crippen LogP contribution in [0.3, 0.4) is 0 Å². The SMILES string of the molecule is NC1(C(F)(F)F)CC(=O)C1. The fourth-order valence-corrected chi connectivity index (χ4v) is 0.852. The predicted octanol–water partition coefficient (Wildman–Crippen LogP) is 0.609. The molecule has 0 heterocycles. The normalized spacial score (nSPS) is 24.2. The number of ketones is 1. The summed E-state index contributed by atoms with van der Waals surface area (Å²) in [6.45, 7) is 0. The number of rotatable bonds is 0. The summed E-state index contributed by atoms with van der Waals surface area (Å²) in [6, 6.07) is 0. The highest BCUT2D eigenvalue weighted by Crippen LogP contribution is 2.40. The molecule has 2 N–H and O–H groups in total.